The molecule has 4 nitrogen and oxygen atoms in total. The zero-order valence-electron chi connectivity index (χ0n) is 8.94. The van der Waals surface area contributed by atoms with Crippen molar-refractivity contribution < 1.29 is 4.79 Å². The van der Waals surface area contributed by atoms with E-state index < -0.39 is 0 Å². The second-order valence-corrected chi connectivity index (χ2v) is 3.88. The van der Waals surface area contributed by atoms with Gasteiger partial charge in [0.1, 0.15) is 0 Å². The van der Waals surface area contributed by atoms with Crippen molar-refractivity contribution in [1.29, 1.82) is 0 Å². The average molecular weight is 236 g/mol. The number of carbonyl (C=O) groups excluding carboxylic acids is 1. The van der Waals surface area contributed by atoms with E-state index in [2.05, 4.69) is 10.1 Å². The van der Waals surface area contributed by atoms with Gasteiger partial charge in [-0.1, -0.05) is 11.6 Å². The fraction of sp³-hybridized carbons (Fsp3) is 0.182. The molecule has 0 bridgehead atoms. The lowest BCUT2D eigenvalue weighted by Gasteiger charge is -2.03. The van der Waals surface area contributed by atoms with Crippen LogP contribution in [0.15, 0.2) is 24.5 Å². The molecule has 0 N–H and O–H groups in total. The van der Waals surface area contributed by atoms with Crippen LogP contribution in [0.4, 0.5) is 0 Å². The van der Waals surface area contributed by atoms with Gasteiger partial charge in [0.15, 0.2) is 11.6 Å². The Morgan fingerprint density at radius 1 is 1.50 bits per heavy atom. The molecule has 0 aliphatic carbocycles. The van der Waals surface area contributed by atoms with Crippen LogP contribution in [-0.2, 0) is 0 Å². The van der Waals surface area contributed by atoms with E-state index in [4.69, 9.17) is 11.6 Å². The molecule has 16 heavy (non-hydrogen) atoms. The summed E-state index contributed by atoms with van der Waals surface area (Å²) in [6.45, 7) is 3.34. The van der Waals surface area contributed by atoms with E-state index in [9.17, 15) is 4.79 Å². The van der Waals surface area contributed by atoms with Gasteiger partial charge in [-0.05, 0) is 19.9 Å². The summed E-state index contributed by atoms with van der Waals surface area (Å²) in [4.78, 5) is 15.4. The Balaban J connectivity index is 2.53. The molecule has 0 saturated carbocycles. The summed E-state index contributed by atoms with van der Waals surface area (Å²) in [6.07, 6.45) is 3.15. The highest BCUT2D eigenvalue weighted by atomic mass is 35.5. The summed E-state index contributed by atoms with van der Waals surface area (Å²) in [5.74, 6) is 0.600. The largest absolute Gasteiger partial charge is 0.294 e. The first-order valence-electron chi connectivity index (χ1n) is 4.77. The van der Waals surface area contributed by atoms with Gasteiger partial charge in [0.25, 0.3) is 0 Å². The molecule has 2 aromatic heterocycles. The van der Waals surface area contributed by atoms with Crippen molar-refractivity contribution in [3.63, 3.8) is 0 Å². The second-order valence-electron chi connectivity index (χ2n) is 3.44. The molecule has 0 aliphatic rings. The zero-order chi connectivity index (χ0) is 11.7. The van der Waals surface area contributed by atoms with Gasteiger partial charge in [-0.15, -0.1) is 0 Å². The minimum Gasteiger partial charge on any atom is -0.294 e. The number of halogens is 1. The first kappa shape index (κ1) is 10.8. The first-order valence-corrected chi connectivity index (χ1v) is 5.15. The van der Waals surface area contributed by atoms with Gasteiger partial charge in [-0.2, -0.15) is 5.10 Å². The molecule has 82 valence electrons. The summed E-state index contributed by atoms with van der Waals surface area (Å²) in [5, 5.41) is 4.71. The van der Waals surface area contributed by atoms with E-state index >= 15 is 0 Å². The summed E-state index contributed by atoms with van der Waals surface area (Å²) in [5.41, 5.74) is 1.36. The summed E-state index contributed by atoms with van der Waals surface area (Å²) in [6, 6.07) is 3.39. The Morgan fingerprint density at radius 3 is 2.81 bits per heavy atom. The monoisotopic (exact) mass is 235 g/mol. The van der Waals surface area contributed by atoms with Crippen LogP contribution in [0, 0.1) is 6.92 Å². The Labute approximate surface area is 97.9 Å². The Bertz CT molecular complexity index is 548. The highest BCUT2D eigenvalue weighted by molar-refractivity contribution is 6.30. The minimum atomic E-state index is -0.00854. The van der Waals surface area contributed by atoms with E-state index in [1.807, 2.05) is 6.92 Å². The van der Waals surface area contributed by atoms with Crippen LogP contribution in [-0.4, -0.2) is 20.5 Å². The van der Waals surface area contributed by atoms with E-state index in [1.54, 1.807) is 29.2 Å². The van der Waals surface area contributed by atoms with Gasteiger partial charge in [0.05, 0.1) is 17.5 Å². The van der Waals surface area contributed by atoms with E-state index in [-0.39, 0.29) is 5.78 Å². The Morgan fingerprint density at radius 2 is 2.25 bits per heavy atom. The number of hydrogen-bond donors (Lipinski definition) is 0. The summed E-state index contributed by atoms with van der Waals surface area (Å²) in [7, 11) is 0. The molecule has 2 aromatic rings. The Kier molecular flexibility index (Phi) is 2.75. The fourth-order valence-corrected chi connectivity index (χ4v) is 1.65. The maximum absolute atomic E-state index is 11.3. The number of Topliss-reactive ketones (excluding diaryl/α,β-unsaturated/α-hetero) is 1. The third-order valence-electron chi connectivity index (χ3n) is 2.31. The van der Waals surface area contributed by atoms with Crippen LogP contribution in [0.25, 0.3) is 5.82 Å². The van der Waals surface area contributed by atoms with Gasteiger partial charge in [-0.3, -0.25) is 4.79 Å². The lowest BCUT2D eigenvalue weighted by molar-refractivity contribution is 0.101. The number of aromatic nitrogens is 3. The van der Waals surface area contributed by atoms with Crippen molar-refractivity contribution in [3.05, 3.63) is 40.8 Å². The molecule has 2 rings (SSSR count). The lowest BCUT2D eigenvalue weighted by atomic mass is 10.2. The standard InChI is InChI=1S/C11H10ClN3O/c1-7-10(8(2)16)6-14-15(7)11-5-9(12)3-4-13-11/h3-6H,1-2H3. The second kappa shape index (κ2) is 4.06. The molecule has 0 unspecified atom stereocenters. The number of carbonyl (C=O) groups is 1. The topological polar surface area (TPSA) is 47.8 Å². The van der Waals surface area contributed by atoms with Crippen molar-refractivity contribution in [2.45, 2.75) is 13.8 Å². The van der Waals surface area contributed by atoms with Crippen LogP contribution in [0.1, 0.15) is 23.0 Å². The highest BCUT2D eigenvalue weighted by Crippen LogP contribution is 2.15. The van der Waals surface area contributed by atoms with Gasteiger partial charge < -0.3 is 0 Å². The molecule has 0 saturated heterocycles. The SMILES string of the molecule is CC(=O)c1cnn(-c2cc(Cl)ccn2)c1C. The maximum Gasteiger partial charge on any atom is 0.163 e. The quantitative estimate of drug-likeness (QED) is 0.751. The molecule has 0 aromatic carbocycles. The van der Waals surface area contributed by atoms with E-state index in [1.165, 1.54) is 6.92 Å². The van der Waals surface area contributed by atoms with Gasteiger partial charge >= 0.3 is 0 Å². The van der Waals surface area contributed by atoms with Crippen molar-refractivity contribution in [1.82, 2.24) is 14.8 Å². The molecule has 5 heteroatoms. The van der Waals surface area contributed by atoms with E-state index in [0.717, 1.165) is 5.69 Å². The van der Waals surface area contributed by atoms with Crippen molar-refractivity contribution in [2.24, 2.45) is 0 Å². The van der Waals surface area contributed by atoms with Gasteiger partial charge in [0, 0.05) is 17.3 Å². The number of rotatable bonds is 2. The third kappa shape index (κ3) is 1.84. The molecule has 0 radical (unpaired) electrons. The van der Waals surface area contributed by atoms with Crippen molar-refractivity contribution in [3.8, 4) is 5.82 Å². The predicted molar refractivity (Wildman–Crippen MR) is 61.1 cm³/mol. The van der Waals surface area contributed by atoms with Crippen LogP contribution < -0.4 is 0 Å². The van der Waals surface area contributed by atoms with Crippen LogP contribution in [0.2, 0.25) is 5.02 Å². The normalized spacial score (nSPS) is 10.4. The van der Waals surface area contributed by atoms with Crippen LogP contribution in [0.3, 0.4) is 0 Å². The minimum absolute atomic E-state index is 0.00854. The van der Waals surface area contributed by atoms with E-state index in [0.29, 0.717) is 16.4 Å². The molecule has 0 fully saturated rings. The average Bonchev–Trinajstić information content (AvgIpc) is 2.60. The van der Waals surface area contributed by atoms with Crippen LogP contribution in [0.5, 0.6) is 0 Å². The number of pyridine rings is 1. The van der Waals surface area contributed by atoms with Crippen molar-refractivity contribution in [2.75, 3.05) is 0 Å². The maximum atomic E-state index is 11.3. The molecule has 0 amide bonds. The lowest BCUT2D eigenvalue weighted by Crippen LogP contribution is -2.03. The Hall–Kier alpha value is -1.68. The molecule has 2 heterocycles. The zero-order valence-corrected chi connectivity index (χ0v) is 9.69. The predicted octanol–water partition coefficient (Wildman–Crippen LogP) is 2.43. The summed E-state index contributed by atoms with van der Waals surface area (Å²) >= 11 is 5.87. The highest BCUT2D eigenvalue weighted by Gasteiger charge is 2.12. The third-order valence-corrected chi connectivity index (χ3v) is 2.55. The molecular weight excluding hydrogens is 226 g/mol. The molecule has 0 atom stereocenters. The fourth-order valence-electron chi connectivity index (χ4n) is 1.50. The summed E-state index contributed by atoms with van der Waals surface area (Å²) < 4.78 is 1.60. The van der Waals surface area contributed by atoms with Crippen molar-refractivity contribution >= 4 is 17.4 Å². The number of hydrogen-bond acceptors (Lipinski definition) is 3. The molecular formula is C11H10ClN3O. The van der Waals surface area contributed by atoms with Crippen LogP contribution >= 0.6 is 11.6 Å². The molecule has 0 aliphatic heterocycles. The first-order chi connectivity index (χ1) is 7.59. The van der Waals surface area contributed by atoms with Gasteiger partial charge in [0.2, 0.25) is 0 Å². The molecule has 0 spiro atoms. The smallest absolute Gasteiger partial charge is 0.163 e. The number of nitrogens with zero attached hydrogens (tertiary/aromatic N) is 3. The number of ketones is 1. The van der Waals surface area contributed by atoms with Gasteiger partial charge in [-0.25, -0.2) is 9.67 Å².